The second kappa shape index (κ2) is 6.34. The van der Waals surface area contributed by atoms with Gasteiger partial charge in [-0.25, -0.2) is 4.68 Å². The van der Waals surface area contributed by atoms with Crippen molar-refractivity contribution in [1.29, 1.82) is 0 Å². The number of rotatable bonds is 2. The van der Waals surface area contributed by atoms with E-state index in [9.17, 15) is 9.59 Å². The number of carbonyl (C=O) groups excluding carboxylic acids is 1. The topological polar surface area (TPSA) is 64.4 Å². The van der Waals surface area contributed by atoms with E-state index in [1.165, 1.54) is 6.07 Å². The third-order valence-corrected chi connectivity index (χ3v) is 3.84. The van der Waals surface area contributed by atoms with Gasteiger partial charge in [0.15, 0.2) is 5.69 Å². The third-order valence-electron chi connectivity index (χ3n) is 3.84. The molecule has 0 radical (unpaired) electrons. The molecule has 1 aliphatic rings. The van der Waals surface area contributed by atoms with Gasteiger partial charge in [-0.2, -0.15) is 5.10 Å². The minimum Gasteiger partial charge on any atom is -0.375 e. The average molecular weight is 313 g/mol. The van der Waals surface area contributed by atoms with Gasteiger partial charge in [-0.15, -0.1) is 0 Å². The van der Waals surface area contributed by atoms with Crippen molar-refractivity contribution >= 4 is 5.91 Å². The standard InChI is InChI=1S/C17H19N3O3/c1-12-10-15(21)16(17(22)19-8-9-23-13(2)11-19)18-20(12)14-6-4-3-5-7-14/h3-7,10,13H,8-9,11H2,1-2H3. The fourth-order valence-corrected chi connectivity index (χ4v) is 2.68. The Bertz CT molecular complexity index is 770. The van der Waals surface area contributed by atoms with Gasteiger partial charge in [-0.3, -0.25) is 9.59 Å². The predicted octanol–water partition coefficient (Wildman–Crippen LogP) is 1.40. The Kier molecular flexibility index (Phi) is 4.25. The van der Waals surface area contributed by atoms with Gasteiger partial charge in [0.25, 0.3) is 5.91 Å². The van der Waals surface area contributed by atoms with Gasteiger partial charge in [0.1, 0.15) is 0 Å². The van der Waals surface area contributed by atoms with Crippen LogP contribution in [-0.4, -0.2) is 46.4 Å². The van der Waals surface area contributed by atoms with Gasteiger partial charge in [-0.1, -0.05) is 18.2 Å². The van der Waals surface area contributed by atoms with Crippen molar-refractivity contribution < 1.29 is 9.53 Å². The van der Waals surface area contributed by atoms with E-state index in [0.717, 1.165) is 5.69 Å². The Labute approximate surface area is 134 Å². The number of carbonyl (C=O) groups is 1. The monoisotopic (exact) mass is 313 g/mol. The lowest BCUT2D eigenvalue weighted by Gasteiger charge is -2.30. The van der Waals surface area contributed by atoms with E-state index in [1.807, 2.05) is 37.3 Å². The van der Waals surface area contributed by atoms with E-state index in [1.54, 1.807) is 16.5 Å². The minimum atomic E-state index is -0.348. The van der Waals surface area contributed by atoms with Crippen molar-refractivity contribution in [2.24, 2.45) is 0 Å². The van der Waals surface area contributed by atoms with Gasteiger partial charge in [0, 0.05) is 24.8 Å². The molecule has 1 saturated heterocycles. The molecule has 6 nitrogen and oxygen atoms in total. The summed E-state index contributed by atoms with van der Waals surface area (Å²) in [5.41, 5.74) is 1.11. The van der Waals surface area contributed by atoms with E-state index in [-0.39, 0.29) is 23.1 Å². The number of ether oxygens (including phenoxy) is 1. The number of hydrogen-bond donors (Lipinski definition) is 0. The second-order valence-corrected chi connectivity index (χ2v) is 5.68. The molecule has 0 spiro atoms. The molecule has 0 bridgehead atoms. The Hall–Kier alpha value is -2.47. The van der Waals surface area contributed by atoms with Crippen molar-refractivity contribution in [3.05, 3.63) is 58.0 Å². The van der Waals surface area contributed by atoms with Crippen LogP contribution in [0, 0.1) is 6.92 Å². The fourth-order valence-electron chi connectivity index (χ4n) is 2.68. The Morgan fingerprint density at radius 1 is 1.30 bits per heavy atom. The third kappa shape index (κ3) is 3.17. The molecular formula is C17H19N3O3. The van der Waals surface area contributed by atoms with E-state index in [4.69, 9.17) is 4.74 Å². The highest BCUT2D eigenvalue weighted by atomic mass is 16.5. The Morgan fingerprint density at radius 3 is 2.74 bits per heavy atom. The summed E-state index contributed by atoms with van der Waals surface area (Å²) in [6.45, 7) is 5.13. The van der Waals surface area contributed by atoms with Gasteiger partial charge < -0.3 is 9.64 Å². The van der Waals surface area contributed by atoms with Crippen LogP contribution in [0.25, 0.3) is 5.69 Å². The maximum atomic E-state index is 12.7. The van der Waals surface area contributed by atoms with Crippen molar-refractivity contribution in [1.82, 2.24) is 14.7 Å². The average Bonchev–Trinajstić information content (AvgIpc) is 2.55. The Balaban J connectivity index is 1.99. The number of morpholine rings is 1. The van der Waals surface area contributed by atoms with Gasteiger partial charge in [0.05, 0.1) is 18.4 Å². The summed E-state index contributed by atoms with van der Waals surface area (Å²) < 4.78 is 7.06. The van der Waals surface area contributed by atoms with E-state index in [0.29, 0.717) is 25.4 Å². The number of hydrogen-bond acceptors (Lipinski definition) is 4. The first-order valence-corrected chi connectivity index (χ1v) is 7.63. The number of aromatic nitrogens is 2. The lowest BCUT2D eigenvalue weighted by Crippen LogP contribution is -2.46. The van der Waals surface area contributed by atoms with Crippen LogP contribution in [0.5, 0.6) is 0 Å². The number of benzene rings is 1. The quantitative estimate of drug-likeness (QED) is 0.841. The number of nitrogens with zero attached hydrogens (tertiary/aromatic N) is 3. The maximum Gasteiger partial charge on any atom is 0.278 e. The molecule has 2 aromatic rings. The second-order valence-electron chi connectivity index (χ2n) is 5.68. The van der Waals surface area contributed by atoms with Crippen LogP contribution in [0.1, 0.15) is 23.1 Å². The molecule has 120 valence electrons. The first-order chi connectivity index (χ1) is 11.1. The van der Waals surface area contributed by atoms with Crippen molar-refractivity contribution in [2.45, 2.75) is 20.0 Å². The van der Waals surface area contributed by atoms with Crippen LogP contribution in [0.15, 0.2) is 41.2 Å². The van der Waals surface area contributed by atoms with Crippen LogP contribution >= 0.6 is 0 Å². The van der Waals surface area contributed by atoms with E-state index >= 15 is 0 Å². The van der Waals surface area contributed by atoms with Crippen LogP contribution in [-0.2, 0) is 4.74 Å². The maximum absolute atomic E-state index is 12.7. The molecule has 1 fully saturated rings. The molecule has 0 saturated carbocycles. The zero-order valence-electron chi connectivity index (χ0n) is 13.2. The predicted molar refractivity (Wildman–Crippen MR) is 85.9 cm³/mol. The molecule has 0 aliphatic carbocycles. The van der Waals surface area contributed by atoms with Gasteiger partial charge >= 0.3 is 0 Å². The summed E-state index contributed by atoms with van der Waals surface area (Å²) in [4.78, 5) is 26.5. The molecule has 1 unspecified atom stereocenters. The molecule has 1 aliphatic heterocycles. The van der Waals surface area contributed by atoms with Crippen LogP contribution in [0.3, 0.4) is 0 Å². The zero-order chi connectivity index (χ0) is 16.4. The summed E-state index contributed by atoms with van der Waals surface area (Å²) >= 11 is 0. The molecule has 1 aromatic carbocycles. The summed E-state index contributed by atoms with van der Waals surface area (Å²) in [7, 11) is 0. The largest absolute Gasteiger partial charge is 0.375 e. The molecule has 3 rings (SSSR count). The highest BCUT2D eigenvalue weighted by molar-refractivity contribution is 5.92. The van der Waals surface area contributed by atoms with E-state index in [2.05, 4.69) is 5.10 Å². The molecule has 1 aromatic heterocycles. The fraction of sp³-hybridized carbons (Fsp3) is 0.353. The number of para-hydroxylation sites is 1. The lowest BCUT2D eigenvalue weighted by molar-refractivity contribution is -0.0127. The number of aryl methyl sites for hydroxylation is 1. The molecule has 6 heteroatoms. The van der Waals surface area contributed by atoms with Crippen LogP contribution < -0.4 is 5.43 Å². The first kappa shape index (κ1) is 15.4. The summed E-state index contributed by atoms with van der Waals surface area (Å²) in [6.07, 6.45) is -0.0329. The molecule has 1 atom stereocenters. The highest BCUT2D eigenvalue weighted by Gasteiger charge is 2.26. The number of amides is 1. The van der Waals surface area contributed by atoms with Gasteiger partial charge in [0.2, 0.25) is 5.43 Å². The lowest BCUT2D eigenvalue weighted by atomic mass is 10.2. The van der Waals surface area contributed by atoms with Crippen molar-refractivity contribution in [3.8, 4) is 5.69 Å². The molecular weight excluding hydrogens is 294 g/mol. The van der Waals surface area contributed by atoms with Crippen molar-refractivity contribution in [2.75, 3.05) is 19.7 Å². The molecule has 2 heterocycles. The smallest absolute Gasteiger partial charge is 0.278 e. The SMILES string of the molecule is Cc1cc(=O)c(C(=O)N2CCOC(C)C2)nn1-c1ccccc1. The molecule has 1 amide bonds. The minimum absolute atomic E-state index is 0.0329. The van der Waals surface area contributed by atoms with E-state index < -0.39 is 0 Å². The first-order valence-electron chi connectivity index (χ1n) is 7.63. The van der Waals surface area contributed by atoms with Crippen molar-refractivity contribution in [3.63, 3.8) is 0 Å². The van der Waals surface area contributed by atoms with Crippen LogP contribution in [0.2, 0.25) is 0 Å². The normalized spacial score (nSPS) is 18.0. The van der Waals surface area contributed by atoms with Gasteiger partial charge in [-0.05, 0) is 26.0 Å². The van der Waals surface area contributed by atoms with Crippen LogP contribution in [0.4, 0.5) is 0 Å². The highest BCUT2D eigenvalue weighted by Crippen LogP contribution is 2.10. The Morgan fingerprint density at radius 2 is 2.04 bits per heavy atom. The summed E-state index contributed by atoms with van der Waals surface area (Å²) in [5, 5.41) is 4.31. The zero-order valence-corrected chi connectivity index (χ0v) is 13.2. The molecule has 23 heavy (non-hydrogen) atoms. The summed E-state index contributed by atoms with van der Waals surface area (Å²) in [6, 6.07) is 10.9. The summed E-state index contributed by atoms with van der Waals surface area (Å²) in [5.74, 6) is -0.338. The molecule has 0 N–H and O–H groups in total.